The van der Waals surface area contributed by atoms with E-state index in [2.05, 4.69) is 6.58 Å². The van der Waals surface area contributed by atoms with Gasteiger partial charge in [0.1, 0.15) is 17.3 Å². The molecule has 0 spiro atoms. The summed E-state index contributed by atoms with van der Waals surface area (Å²) >= 11 is 0. The number of ether oxygens (including phenoxy) is 2. The van der Waals surface area contributed by atoms with E-state index in [0.29, 0.717) is 17.1 Å². The molecule has 0 bridgehead atoms. The molecule has 82 valence electrons. The molecule has 0 saturated carbocycles. The summed E-state index contributed by atoms with van der Waals surface area (Å²) in [5.41, 5.74) is 0.716. The van der Waals surface area contributed by atoms with Crippen molar-refractivity contribution < 1.29 is 14.6 Å². The number of aromatic hydroxyl groups is 1. The van der Waals surface area contributed by atoms with Gasteiger partial charge in [-0.2, -0.15) is 0 Å². The molecule has 0 atom stereocenters. The minimum Gasteiger partial charge on any atom is -0.508 e. The van der Waals surface area contributed by atoms with Gasteiger partial charge in [-0.3, -0.25) is 0 Å². The van der Waals surface area contributed by atoms with Crippen molar-refractivity contribution in [2.24, 2.45) is 0 Å². The van der Waals surface area contributed by atoms with Crippen molar-refractivity contribution >= 4 is 5.76 Å². The standard InChI is InChI=1S/C12H16O3/c1-8(2)15-12-6-10(9(3)14-4)5-11(13)7-12/h5-8,13H,3H2,1-2,4H3. The Hall–Kier alpha value is -1.64. The average molecular weight is 208 g/mol. The minimum absolute atomic E-state index is 0.0652. The highest BCUT2D eigenvalue weighted by atomic mass is 16.5. The maximum atomic E-state index is 9.47. The third kappa shape index (κ3) is 3.20. The second-order valence-corrected chi connectivity index (χ2v) is 3.51. The Balaban J connectivity index is 2.99. The summed E-state index contributed by atoms with van der Waals surface area (Å²) in [6, 6.07) is 4.93. The lowest BCUT2D eigenvalue weighted by Gasteiger charge is -2.12. The van der Waals surface area contributed by atoms with E-state index in [4.69, 9.17) is 9.47 Å². The van der Waals surface area contributed by atoms with Crippen molar-refractivity contribution in [3.8, 4) is 11.5 Å². The van der Waals surface area contributed by atoms with Crippen LogP contribution < -0.4 is 4.74 Å². The van der Waals surface area contributed by atoms with Gasteiger partial charge in [-0.05, 0) is 26.0 Å². The highest BCUT2D eigenvalue weighted by Gasteiger charge is 2.05. The maximum Gasteiger partial charge on any atom is 0.124 e. The van der Waals surface area contributed by atoms with Crippen LogP contribution in [0.3, 0.4) is 0 Å². The van der Waals surface area contributed by atoms with E-state index in [9.17, 15) is 5.11 Å². The summed E-state index contributed by atoms with van der Waals surface area (Å²) in [6.45, 7) is 7.57. The van der Waals surface area contributed by atoms with Crippen LogP contribution in [0.25, 0.3) is 5.76 Å². The van der Waals surface area contributed by atoms with E-state index >= 15 is 0 Å². The zero-order valence-electron chi connectivity index (χ0n) is 9.28. The molecule has 1 rings (SSSR count). The van der Waals surface area contributed by atoms with Crippen molar-refractivity contribution in [2.75, 3.05) is 7.11 Å². The zero-order valence-corrected chi connectivity index (χ0v) is 9.28. The van der Waals surface area contributed by atoms with Crippen molar-refractivity contribution in [1.29, 1.82) is 0 Å². The number of hydrogen-bond donors (Lipinski definition) is 1. The first-order valence-electron chi connectivity index (χ1n) is 4.77. The van der Waals surface area contributed by atoms with Gasteiger partial charge in [-0.25, -0.2) is 0 Å². The Morgan fingerprint density at radius 1 is 1.33 bits per heavy atom. The molecule has 15 heavy (non-hydrogen) atoms. The maximum absolute atomic E-state index is 9.47. The Kier molecular flexibility index (Phi) is 3.61. The molecule has 0 aliphatic heterocycles. The van der Waals surface area contributed by atoms with Crippen LogP contribution in [-0.2, 0) is 4.74 Å². The van der Waals surface area contributed by atoms with Gasteiger partial charge in [0.2, 0.25) is 0 Å². The van der Waals surface area contributed by atoms with E-state index in [-0.39, 0.29) is 11.9 Å². The average Bonchev–Trinajstić information content (AvgIpc) is 2.14. The van der Waals surface area contributed by atoms with Crippen molar-refractivity contribution in [2.45, 2.75) is 20.0 Å². The van der Waals surface area contributed by atoms with Crippen LogP contribution in [0.4, 0.5) is 0 Å². The Labute approximate surface area is 90.0 Å². The molecular formula is C12H16O3. The number of phenols is 1. The van der Waals surface area contributed by atoms with Gasteiger partial charge in [0.25, 0.3) is 0 Å². The molecule has 0 aromatic heterocycles. The molecule has 3 heteroatoms. The lowest BCUT2D eigenvalue weighted by molar-refractivity contribution is 0.241. The lowest BCUT2D eigenvalue weighted by atomic mass is 10.2. The molecule has 0 amide bonds. The molecule has 0 fully saturated rings. The van der Waals surface area contributed by atoms with Crippen LogP contribution in [-0.4, -0.2) is 18.3 Å². The summed E-state index contributed by atoms with van der Waals surface area (Å²) in [5, 5.41) is 9.47. The summed E-state index contributed by atoms with van der Waals surface area (Å²) in [7, 11) is 1.54. The Bertz CT molecular complexity index is 356. The Morgan fingerprint density at radius 3 is 2.53 bits per heavy atom. The number of benzene rings is 1. The highest BCUT2D eigenvalue weighted by Crippen LogP contribution is 2.26. The number of methoxy groups -OCH3 is 1. The monoisotopic (exact) mass is 208 g/mol. The predicted octanol–water partition coefficient (Wildman–Crippen LogP) is 2.80. The summed E-state index contributed by atoms with van der Waals surface area (Å²) < 4.78 is 10.5. The summed E-state index contributed by atoms with van der Waals surface area (Å²) in [5.74, 6) is 1.25. The van der Waals surface area contributed by atoms with E-state index < -0.39 is 0 Å². The third-order valence-electron chi connectivity index (χ3n) is 1.83. The van der Waals surface area contributed by atoms with Gasteiger partial charge in [0, 0.05) is 11.6 Å². The molecule has 1 N–H and O–H groups in total. The molecule has 0 heterocycles. The van der Waals surface area contributed by atoms with Crippen LogP contribution in [0.5, 0.6) is 11.5 Å². The van der Waals surface area contributed by atoms with E-state index in [0.717, 1.165) is 0 Å². The van der Waals surface area contributed by atoms with Crippen LogP contribution in [0.1, 0.15) is 19.4 Å². The quantitative estimate of drug-likeness (QED) is 0.773. The van der Waals surface area contributed by atoms with Crippen LogP contribution in [0, 0.1) is 0 Å². The Morgan fingerprint density at radius 2 is 2.00 bits per heavy atom. The van der Waals surface area contributed by atoms with Crippen molar-refractivity contribution in [3.05, 3.63) is 30.3 Å². The van der Waals surface area contributed by atoms with Crippen LogP contribution in [0.2, 0.25) is 0 Å². The van der Waals surface area contributed by atoms with Crippen molar-refractivity contribution in [1.82, 2.24) is 0 Å². The fraction of sp³-hybridized carbons (Fsp3) is 0.333. The van der Waals surface area contributed by atoms with E-state index in [1.165, 1.54) is 7.11 Å². The molecule has 0 saturated heterocycles. The molecule has 0 aliphatic rings. The van der Waals surface area contributed by atoms with Gasteiger partial charge < -0.3 is 14.6 Å². The normalized spacial score (nSPS) is 10.1. The minimum atomic E-state index is 0.0652. The topological polar surface area (TPSA) is 38.7 Å². The van der Waals surface area contributed by atoms with E-state index in [1.807, 2.05) is 13.8 Å². The molecule has 0 radical (unpaired) electrons. The van der Waals surface area contributed by atoms with E-state index in [1.54, 1.807) is 18.2 Å². The number of hydrogen-bond acceptors (Lipinski definition) is 3. The van der Waals surface area contributed by atoms with Crippen LogP contribution in [0.15, 0.2) is 24.8 Å². The van der Waals surface area contributed by atoms with Gasteiger partial charge in [0.05, 0.1) is 13.2 Å². The van der Waals surface area contributed by atoms with Gasteiger partial charge in [0.15, 0.2) is 0 Å². The van der Waals surface area contributed by atoms with Gasteiger partial charge >= 0.3 is 0 Å². The predicted molar refractivity (Wildman–Crippen MR) is 59.9 cm³/mol. The number of rotatable bonds is 4. The van der Waals surface area contributed by atoms with Crippen molar-refractivity contribution in [3.63, 3.8) is 0 Å². The van der Waals surface area contributed by atoms with Gasteiger partial charge in [-0.1, -0.05) is 6.58 Å². The smallest absolute Gasteiger partial charge is 0.124 e. The highest BCUT2D eigenvalue weighted by molar-refractivity contribution is 5.61. The first kappa shape index (κ1) is 11.4. The second kappa shape index (κ2) is 4.73. The molecule has 0 unspecified atom stereocenters. The number of phenolic OH excluding ortho intramolecular Hbond substituents is 1. The lowest BCUT2D eigenvalue weighted by Crippen LogP contribution is -2.05. The molecule has 3 nitrogen and oxygen atoms in total. The largest absolute Gasteiger partial charge is 0.508 e. The molecule has 1 aromatic carbocycles. The van der Waals surface area contributed by atoms with Gasteiger partial charge in [-0.15, -0.1) is 0 Å². The fourth-order valence-electron chi connectivity index (χ4n) is 1.20. The molecule has 1 aromatic rings. The molecule has 0 aliphatic carbocycles. The zero-order chi connectivity index (χ0) is 11.4. The first-order valence-corrected chi connectivity index (χ1v) is 4.77. The van der Waals surface area contributed by atoms with Crippen LogP contribution >= 0.6 is 0 Å². The second-order valence-electron chi connectivity index (χ2n) is 3.51. The SMILES string of the molecule is C=C(OC)c1cc(O)cc(OC(C)C)c1. The third-order valence-corrected chi connectivity index (χ3v) is 1.83. The first-order chi connectivity index (χ1) is 7.02. The summed E-state index contributed by atoms with van der Waals surface area (Å²) in [6.07, 6.45) is 0.0652. The fourth-order valence-corrected chi connectivity index (χ4v) is 1.20. The molecular weight excluding hydrogens is 192 g/mol. The summed E-state index contributed by atoms with van der Waals surface area (Å²) in [4.78, 5) is 0.